The Balaban J connectivity index is 1.62. The van der Waals surface area contributed by atoms with E-state index in [1.807, 2.05) is 29.2 Å². The van der Waals surface area contributed by atoms with Crippen molar-refractivity contribution in [3.63, 3.8) is 0 Å². The van der Waals surface area contributed by atoms with E-state index in [1.54, 1.807) is 12.1 Å². The maximum Gasteiger partial charge on any atom is 0.239 e. The molecule has 1 saturated carbocycles. The Morgan fingerprint density at radius 1 is 1.09 bits per heavy atom. The SMILES string of the molecule is CC1(C)CC(=O)C2=C(C1)Nc1ccccc1N(CC(=O)NC1CCCC1)C2c1ccc(F)cc1. The highest BCUT2D eigenvalue weighted by atomic mass is 19.1. The number of hydrogen-bond donors (Lipinski definition) is 2. The topological polar surface area (TPSA) is 61.4 Å². The third-order valence-electron chi connectivity index (χ3n) is 7.22. The van der Waals surface area contributed by atoms with Crippen LogP contribution in [0.25, 0.3) is 0 Å². The summed E-state index contributed by atoms with van der Waals surface area (Å²) in [5, 5.41) is 6.74. The number of carbonyl (C=O) groups is 2. The van der Waals surface area contributed by atoms with E-state index in [0.29, 0.717) is 12.0 Å². The van der Waals surface area contributed by atoms with E-state index in [0.717, 1.165) is 54.7 Å². The van der Waals surface area contributed by atoms with Crippen LogP contribution in [0.4, 0.5) is 15.8 Å². The largest absolute Gasteiger partial charge is 0.357 e. The number of ketones is 1. The lowest BCUT2D eigenvalue weighted by molar-refractivity contribution is -0.121. The van der Waals surface area contributed by atoms with Crippen molar-refractivity contribution in [2.45, 2.75) is 64.5 Å². The van der Waals surface area contributed by atoms with Crippen molar-refractivity contribution < 1.29 is 14.0 Å². The molecule has 1 amide bonds. The number of fused-ring (bicyclic) bond motifs is 1. The number of nitrogens with zero attached hydrogens (tertiary/aromatic N) is 1. The fourth-order valence-electron chi connectivity index (χ4n) is 5.72. The number of rotatable bonds is 4. The first-order valence-corrected chi connectivity index (χ1v) is 12.2. The van der Waals surface area contributed by atoms with Gasteiger partial charge in [-0.2, -0.15) is 0 Å². The van der Waals surface area contributed by atoms with Gasteiger partial charge in [0.15, 0.2) is 5.78 Å². The second-order valence-electron chi connectivity index (χ2n) is 10.6. The molecule has 5 nitrogen and oxygen atoms in total. The van der Waals surface area contributed by atoms with Crippen molar-refractivity contribution in [3.8, 4) is 0 Å². The Bertz CT molecular complexity index is 1130. The van der Waals surface area contributed by atoms with Gasteiger partial charge in [0, 0.05) is 23.7 Å². The highest BCUT2D eigenvalue weighted by Gasteiger charge is 2.42. The highest BCUT2D eigenvalue weighted by Crippen LogP contribution is 2.48. The number of para-hydroxylation sites is 2. The Kier molecular flexibility index (Phi) is 5.92. The molecule has 2 N–H and O–H groups in total. The van der Waals surface area contributed by atoms with Gasteiger partial charge in [-0.15, -0.1) is 0 Å². The van der Waals surface area contributed by atoms with E-state index in [4.69, 9.17) is 0 Å². The molecule has 1 unspecified atom stereocenters. The van der Waals surface area contributed by atoms with E-state index < -0.39 is 6.04 Å². The fourth-order valence-corrected chi connectivity index (χ4v) is 5.72. The van der Waals surface area contributed by atoms with E-state index >= 15 is 0 Å². The zero-order valence-corrected chi connectivity index (χ0v) is 19.9. The second kappa shape index (κ2) is 8.90. The average molecular weight is 462 g/mol. The molecule has 1 aliphatic heterocycles. The van der Waals surface area contributed by atoms with Crippen LogP contribution in [-0.2, 0) is 9.59 Å². The summed E-state index contributed by atoms with van der Waals surface area (Å²) >= 11 is 0. The van der Waals surface area contributed by atoms with Crippen molar-refractivity contribution in [2.75, 3.05) is 16.8 Å². The number of Topliss-reactive ketones (excluding diaryl/α,β-unsaturated/α-hetero) is 1. The van der Waals surface area contributed by atoms with Crippen molar-refractivity contribution >= 4 is 23.1 Å². The standard InChI is InChI=1S/C28H32FN3O2/c1-28(2)15-22-26(24(33)16-28)27(18-11-13-19(29)14-12-18)32(23-10-6-5-9-21(23)31-22)17-25(34)30-20-7-3-4-8-20/h5-6,9-14,20,27,31H,3-4,7-8,15-17H2,1-2H3,(H,30,34). The first-order chi connectivity index (χ1) is 16.3. The Morgan fingerprint density at radius 2 is 1.79 bits per heavy atom. The first kappa shape index (κ1) is 22.6. The van der Waals surface area contributed by atoms with Crippen LogP contribution in [-0.4, -0.2) is 24.3 Å². The molecule has 0 bridgehead atoms. The van der Waals surface area contributed by atoms with E-state index in [1.165, 1.54) is 12.1 Å². The lowest BCUT2D eigenvalue weighted by Gasteiger charge is -2.38. The van der Waals surface area contributed by atoms with Gasteiger partial charge >= 0.3 is 0 Å². The number of allylic oxidation sites excluding steroid dienone is 1. The number of carbonyl (C=O) groups excluding carboxylic acids is 2. The fraction of sp³-hybridized carbons (Fsp3) is 0.429. The van der Waals surface area contributed by atoms with Gasteiger partial charge in [0.25, 0.3) is 0 Å². The minimum atomic E-state index is -0.482. The molecule has 1 heterocycles. The quantitative estimate of drug-likeness (QED) is 0.631. The molecule has 0 saturated heterocycles. The lowest BCUT2D eigenvalue weighted by atomic mass is 9.73. The summed E-state index contributed by atoms with van der Waals surface area (Å²) in [7, 11) is 0. The molecule has 2 aliphatic carbocycles. The number of nitrogens with one attached hydrogen (secondary N) is 2. The van der Waals surface area contributed by atoms with Crippen LogP contribution < -0.4 is 15.5 Å². The normalized spacial score (nSPS) is 22.0. The third kappa shape index (κ3) is 4.46. The van der Waals surface area contributed by atoms with Crippen molar-refractivity contribution in [2.24, 2.45) is 5.41 Å². The van der Waals surface area contributed by atoms with E-state index in [-0.39, 0.29) is 35.5 Å². The van der Waals surface area contributed by atoms with Crippen LogP contribution in [0.1, 0.15) is 64.0 Å². The van der Waals surface area contributed by atoms with Gasteiger partial charge in [0.2, 0.25) is 5.91 Å². The predicted octanol–water partition coefficient (Wildman–Crippen LogP) is 5.50. The van der Waals surface area contributed by atoms with Gasteiger partial charge < -0.3 is 15.5 Å². The molecule has 2 aromatic rings. The van der Waals surface area contributed by atoms with Gasteiger partial charge in [0.05, 0.1) is 24.0 Å². The summed E-state index contributed by atoms with van der Waals surface area (Å²) in [6.07, 6.45) is 5.45. The first-order valence-electron chi connectivity index (χ1n) is 12.2. The monoisotopic (exact) mass is 461 g/mol. The molecule has 34 heavy (non-hydrogen) atoms. The molecule has 1 fully saturated rings. The van der Waals surface area contributed by atoms with Crippen molar-refractivity contribution in [1.82, 2.24) is 5.32 Å². The van der Waals surface area contributed by atoms with Gasteiger partial charge in [-0.05, 0) is 54.5 Å². The predicted molar refractivity (Wildman–Crippen MR) is 132 cm³/mol. The number of anilines is 2. The molecule has 0 spiro atoms. The van der Waals surface area contributed by atoms with Crippen LogP contribution in [0.2, 0.25) is 0 Å². The Labute approximate surface area is 200 Å². The van der Waals surface area contributed by atoms with Gasteiger partial charge in [-0.1, -0.05) is 51.0 Å². The Hall–Kier alpha value is -3.15. The summed E-state index contributed by atoms with van der Waals surface area (Å²) in [5.41, 5.74) is 3.93. The number of halogens is 1. The molecule has 5 rings (SSSR count). The van der Waals surface area contributed by atoms with Crippen LogP contribution in [0, 0.1) is 11.2 Å². The third-order valence-corrected chi connectivity index (χ3v) is 7.22. The number of amides is 1. The molecule has 178 valence electrons. The van der Waals surface area contributed by atoms with Crippen molar-refractivity contribution in [3.05, 3.63) is 71.2 Å². The second-order valence-corrected chi connectivity index (χ2v) is 10.6. The van der Waals surface area contributed by atoms with Crippen LogP contribution >= 0.6 is 0 Å². The van der Waals surface area contributed by atoms with Gasteiger partial charge in [0.1, 0.15) is 5.82 Å². The van der Waals surface area contributed by atoms with E-state index in [2.05, 4.69) is 24.5 Å². The minimum Gasteiger partial charge on any atom is -0.357 e. The summed E-state index contributed by atoms with van der Waals surface area (Å²) in [6.45, 7) is 4.32. The maximum absolute atomic E-state index is 13.9. The zero-order chi connectivity index (χ0) is 23.9. The maximum atomic E-state index is 13.9. The molecule has 2 aromatic carbocycles. The summed E-state index contributed by atoms with van der Waals surface area (Å²) in [6, 6.07) is 13.9. The van der Waals surface area contributed by atoms with Crippen LogP contribution in [0.15, 0.2) is 59.8 Å². The highest BCUT2D eigenvalue weighted by molar-refractivity contribution is 6.01. The smallest absolute Gasteiger partial charge is 0.239 e. The number of benzene rings is 2. The number of hydrogen-bond acceptors (Lipinski definition) is 4. The summed E-state index contributed by atoms with van der Waals surface area (Å²) < 4.78 is 13.9. The average Bonchev–Trinajstić information content (AvgIpc) is 3.24. The summed E-state index contributed by atoms with van der Waals surface area (Å²) in [4.78, 5) is 28.9. The van der Waals surface area contributed by atoms with Crippen LogP contribution in [0.3, 0.4) is 0 Å². The molecule has 3 aliphatic rings. The molecule has 0 radical (unpaired) electrons. The molecule has 1 atom stereocenters. The molecule has 0 aromatic heterocycles. The van der Waals surface area contributed by atoms with Crippen LogP contribution in [0.5, 0.6) is 0 Å². The zero-order valence-electron chi connectivity index (χ0n) is 19.9. The molecular weight excluding hydrogens is 429 g/mol. The lowest BCUT2D eigenvalue weighted by Crippen LogP contribution is -2.44. The molecular formula is C28H32FN3O2. The Morgan fingerprint density at radius 3 is 2.53 bits per heavy atom. The summed E-state index contributed by atoms with van der Waals surface area (Å²) in [5.74, 6) is -0.310. The van der Waals surface area contributed by atoms with Crippen molar-refractivity contribution in [1.29, 1.82) is 0 Å². The van der Waals surface area contributed by atoms with E-state index in [9.17, 15) is 14.0 Å². The van der Waals surface area contributed by atoms with Gasteiger partial charge in [-0.3, -0.25) is 9.59 Å². The van der Waals surface area contributed by atoms with Gasteiger partial charge in [-0.25, -0.2) is 4.39 Å². The molecule has 6 heteroatoms. The minimum absolute atomic E-state index is 0.0542.